The molecule has 2 amide bonds. The van der Waals surface area contributed by atoms with Crippen molar-refractivity contribution in [2.24, 2.45) is 0 Å². The number of nitrogens with zero attached hydrogens (tertiary/aromatic N) is 2. The smallest absolute Gasteiger partial charge is 0.255 e. The molecular formula is C28H30FN3O2. The Hall–Kier alpha value is -3.67. The van der Waals surface area contributed by atoms with Gasteiger partial charge in [0.25, 0.3) is 11.8 Å². The van der Waals surface area contributed by atoms with Crippen molar-refractivity contribution >= 4 is 23.2 Å². The van der Waals surface area contributed by atoms with Gasteiger partial charge in [-0.05, 0) is 58.9 Å². The predicted octanol–water partition coefficient (Wildman–Crippen LogP) is 5.74. The van der Waals surface area contributed by atoms with E-state index in [1.54, 1.807) is 36.1 Å². The molecule has 2 aliphatic heterocycles. The van der Waals surface area contributed by atoms with Gasteiger partial charge in [0, 0.05) is 12.1 Å². The molecular weight excluding hydrogens is 429 g/mol. The van der Waals surface area contributed by atoms with Crippen LogP contribution in [-0.2, 0) is 9.59 Å². The summed E-state index contributed by atoms with van der Waals surface area (Å²) in [6, 6.07) is 12.8. The van der Waals surface area contributed by atoms with E-state index in [4.69, 9.17) is 0 Å². The van der Waals surface area contributed by atoms with Gasteiger partial charge < -0.3 is 10.2 Å². The number of para-hydroxylation sites is 2. The van der Waals surface area contributed by atoms with Crippen LogP contribution in [0.4, 0.5) is 15.8 Å². The number of carbonyl (C=O) groups is 2. The first-order valence-electron chi connectivity index (χ1n) is 11.4. The molecule has 34 heavy (non-hydrogen) atoms. The average molecular weight is 460 g/mol. The summed E-state index contributed by atoms with van der Waals surface area (Å²) >= 11 is 0. The largest absolute Gasteiger partial charge is 0.355 e. The number of hydrogen-bond acceptors (Lipinski definition) is 3. The normalized spacial score (nSPS) is 19.0. The minimum Gasteiger partial charge on any atom is -0.355 e. The second-order valence-corrected chi connectivity index (χ2v) is 9.32. The van der Waals surface area contributed by atoms with Gasteiger partial charge >= 0.3 is 0 Å². The first kappa shape index (κ1) is 23.5. The van der Waals surface area contributed by atoms with Crippen LogP contribution in [0.25, 0.3) is 0 Å². The van der Waals surface area contributed by atoms with Crippen LogP contribution in [0.15, 0.2) is 83.6 Å². The second kappa shape index (κ2) is 8.93. The number of halogens is 1. The van der Waals surface area contributed by atoms with Gasteiger partial charge in [-0.1, -0.05) is 48.1 Å². The number of allylic oxidation sites excluding steroid dienone is 2. The Morgan fingerprint density at radius 3 is 2.47 bits per heavy atom. The zero-order valence-corrected chi connectivity index (χ0v) is 20.2. The average Bonchev–Trinajstić information content (AvgIpc) is 2.89. The summed E-state index contributed by atoms with van der Waals surface area (Å²) in [7, 11) is 0. The van der Waals surface area contributed by atoms with E-state index >= 15 is 4.39 Å². The Kier molecular flexibility index (Phi) is 6.17. The number of fused-ring (bicyclic) bond motifs is 1. The van der Waals surface area contributed by atoms with Gasteiger partial charge in [0.05, 0.1) is 34.2 Å². The standard InChI is InChI=1S/C28H30FN3O2/c1-6-11-23(33)32-22-15-10-9-14-21(22)30-26-24(25(32)19-12-7-8-13-20(19)29)27(34)31(28(26,4)5)17-16-18(2)3/h6-16,25,30H,17H2,1-5H3/b11-6+. The molecule has 0 spiro atoms. The lowest BCUT2D eigenvalue weighted by molar-refractivity contribution is -0.128. The number of amides is 2. The molecule has 4 rings (SSSR count). The number of benzene rings is 2. The fourth-order valence-corrected chi connectivity index (χ4v) is 4.68. The Morgan fingerprint density at radius 2 is 1.79 bits per heavy atom. The van der Waals surface area contributed by atoms with Crippen molar-refractivity contribution in [3.63, 3.8) is 0 Å². The molecule has 0 saturated carbocycles. The summed E-state index contributed by atoms with van der Waals surface area (Å²) in [5.41, 5.74) is 3.01. The molecule has 1 N–H and O–H groups in total. The summed E-state index contributed by atoms with van der Waals surface area (Å²) in [4.78, 5) is 30.8. The van der Waals surface area contributed by atoms with Gasteiger partial charge in [0.2, 0.25) is 0 Å². The molecule has 2 aromatic rings. The molecule has 0 aliphatic carbocycles. The molecule has 0 saturated heterocycles. The fraction of sp³-hybridized carbons (Fsp3) is 0.286. The van der Waals surface area contributed by atoms with E-state index < -0.39 is 17.4 Å². The topological polar surface area (TPSA) is 52.7 Å². The molecule has 2 aliphatic rings. The predicted molar refractivity (Wildman–Crippen MR) is 134 cm³/mol. The van der Waals surface area contributed by atoms with E-state index in [2.05, 4.69) is 5.32 Å². The van der Waals surface area contributed by atoms with Crippen LogP contribution in [0, 0.1) is 5.82 Å². The monoisotopic (exact) mass is 459 g/mol. The van der Waals surface area contributed by atoms with E-state index in [-0.39, 0.29) is 17.4 Å². The number of hydrogen-bond donors (Lipinski definition) is 1. The van der Waals surface area contributed by atoms with E-state index in [9.17, 15) is 9.59 Å². The van der Waals surface area contributed by atoms with Gasteiger partial charge in [-0.3, -0.25) is 14.5 Å². The first-order chi connectivity index (χ1) is 16.2. The minimum absolute atomic E-state index is 0.218. The number of rotatable bonds is 4. The van der Waals surface area contributed by atoms with Gasteiger partial charge in [0.15, 0.2) is 0 Å². The zero-order chi connectivity index (χ0) is 24.6. The Morgan fingerprint density at radius 1 is 1.12 bits per heavy atom. The van der Waals surface area contributed by atoms with Crippen molar-refractivity contribution in [3.8, 4) is 0 Å². The van der Waals surface area contributed by atoms with Crippen LogP contribution in [0.1, 0.15) is 46.2 Å². The lowest BCUT2D eigenvalue weighted by Gasteiger charge is -2.35. The maximum atomic E-state index is 15.3. The third-order valence-corrected chi connectivity index (χ3v) is 6.41. The summed E-state index contributed by atoms with van der Waals surface area (Å²) < 4.78 is 15.3. The van der Waals surface area contributed by atoms with Crippen molar-refractivity contribution in [3.05, 3.63) is 95.0 Å². The molecule has 1 unspecified atom stereocenters. The third-order valence-electron chi connectivity index (χ3n) is 6.41. The minimum atomic E-state index is -0.931. The molecule has 0 aromatic heterocycles. The Balaban J connectivity index is 2.03. The molecule has 1 atom stereocenters. The quantitative estimate of drug-likeness (QED) is 0.468. The molecule has 0 bridgehead atoms. The zero-order valence-electron chi connectivity index (χ0n) is 20.2. The van der Waals surface area contributed by atoms with Gasteiger partial charge in [-0.2, -0.15) is 0 Å². The summed E-state index contributed by atoms with van der Waals surface area (Å²) in [6.45, 7) is 10.1. The third kappa shape index (κ3) is 3.83. The van der Waals surface area contributed by atoms with Gasteiger partial charge in [-0.15, -0.1) is 0 Å². The first-order valence-corrected chi connectivity index (χ1v) is 11.4. The van der Waals surface area contributed by atoms with Gasteiger partial charge in [-0.25, -0.2) is 4.39 Å². The Labute approximate surface area is 200 Å². The highest BCUT2D eigenvalue weighted by Crippen LogP contribution is 2.49. The van der Waals surface area contributed by atoms with Crippen LogP contribution in [0.2, 0.25) is 0 Å². The highest BCUT2D eigenvalue weighted by molar-refractivity contribution is 6.10. The van der Waals surface area contributed by atoms with Crippen LogP contribution < -0.4 is 10.2 Å². The number of anilines is 2. The summed E-state index contributed by atoms with van der Waals surface area (Å²) in [6.07, 6.45) is 5.10. The fourth-order valence-electron chi connectivity index (χ4n) is 4.68. The number of carbonyl (C=O) groups excluding carboxylic acids is 2. The van der Waals surface area contributed by atoms with Crippen LogP contribution in [-0.4, -0.2) is 28.8 Å². The van der Waals surface area contributed by atoms with Crippen LogP contribution >= 0.6 is 0 Å². The lowest BCUT2D eigenvalue weighted by atomic mass is 9.92. The molecule has 2 heterocycles. The lowest BCUT2D eigenvalue weighted by Crippen LogP contribution is -2.45. The van der Waals surface area contributed by atoms with E-state index in [0.29, 0.717) is 29.2 Å². The van der Waals surface area contributed by atoms with Crippen LogP contribution in [0.5, 0.6) is 0 Å². The van der Waals surface area contributed by atoms with Crippen molar-refractivity contribution in [2.75, 3.05) is 16.8 Å². The van der Waals surface area contributed by atoms with E-state index in [1.165, 1.54) is 17.0 Å². The maximum Gasteiger partial charge on any atom is 0.255 e. The SMILES string of the molecule is C/C=C/C(=O)N1c2ccccc2NC2=C(C(=O)N(CC=C(C)C)C2(C)C)C1c1ccccc1F. The van der Waals surface area contributed by atoms with Crippen molar-refractivity contribution in [1.29, 1.82) is 0 Å². The van der Waals surface area contributed by atoms with Crippen molar-refractivity contribution in [2.45, 2.75) is 46.2 Å². The molecule has 2 aromatic carbocycles. The number of nitrogens with one attached hydrogen (secondary N) is 1. The van der Waals surface area contributed by atoms with Crippen molar-refractivity contribution in [1.82, 2.24) is 4.90 Å². The van der Waals surface area contributed by atoms with Crippen molar-refractivity contribution < 1.29 is 14.0 Å². The Bertz CT molecular complexity index is 1240. The van der Waals surface area contributed by atoms with Crippen LogP contribution in [0.3, 0.4) is 0 Å². The van der Waals surface area contributed by atoms with Gasteiger partial charge in [0.1, 0.15) is 5.82 Å². The molecule has 176 valence electrons. The summed E-state index contributed by atoms with van der Waals surface area (Å²) in [5.74, 6) is -1.01. The molecule has 5 nitrogen and oxygen atoms in total. The maximum absolute atomic E-state index is 15.3. The van der Waals surface area contributed by atoms with E-state index in [0.717, 1.165) is 5.57 Å². The second-order valence-electron chi connectivity index (χ2n) is 9.32. The molecule has 0 fully saturated rings. The highest BCUT2D eigenvalue weighted by Gasteiger charge is 2.51. The summed E-state index contributed by atoms with van der Waals surface area (Å²) in [5, 5.41) is 3.46. The highest BCUT2D eigenvalue weighted by atomic mass is 19.1. The molecule has 6 heteroatoms. The molecule has 0 radical (unpaired) electrons. The van der Waals surface area contributed by atoms with E-state index in [1.807, 2.05) is 58.0 Å².